The van der Waals surface area contributed by atoms with Crippen LogP contribution in [0.3, 0.4) is 0 Å². The Morgan fingerprint density at radius 1 is 0.966 bits per heavy atom. The van der Waals surface area contributed by atoms with Crippen molar-refractivity contribution >= 4 is 22.6 Å². The molecule has 4 aromatic rings. The van der Waals surface area contributed by atoms with E-state index in [9.17, 15) is 4.79 Å². The number of hydrogen-bond acceptors (Lipinski definition) is 3. The molecule has 146 valence electrons. The minimum absolute atomic E-state index is 0.192. The lowest BCUT2D eigenvalue weighted by Gasteiger charge is -2.17. The van der Waals surface area contributed by atoms with E-state index in [2.05, 4.69) is 5.32 Å². The highest BCUT2D eigenvalue weighted by molar-refractivity contribution is 5.94. The number of benzene rings is 3. The fraction of sp³-hybridized carbons (Fsp3) is 0.160. The first-order valence-corrected chi connectivity index (χ1v) is 9.64. The summed E-state index contributed by atoms with van der Waals surface area (Å²) in [6.07, 6.45) is -0.606. The van der Waals surface area contributed by atoms with Crippen LogP contribution in [0.2, 0.25) is 0 Å². The molecule has 4 rings (SSSR count). The van der Waals surface area contributed by atoms with Gasteiger partial charge in [0, 0.05) is 16.6 Å². The van der Waals surface area contributed by atoms with Gasteiger partial charge in [-0.3, -0.25) is 4.79 Å². The summed E-state index contributed by atoms with van der Waals surface area (Å²) in [6.45, 7) is 5.77. The third kappa shape index (κ3) is 4.02. The molecular formula is C25H23NO3. The van der Waals surface area contributed by atoms with Crippen molar-refractivity contribution in [1.82, 2.24) is 0 Å². The Morgan fingerprint density at radius 2 is 1.72 bits per heavy atom. The molecule has 0 radical (unpaired) electrons. The molecule has 4 nitrogen and oxygen atoms in total. The molecule has 1 amide bonds. The highest BCUT2D eigenvalue weighted by atomic mass is 16.5. The molecule has 0 bridgehead atoms. The predicted octanol–water partition coefficient (Wildman–Crippen LogP) is 6.12. The van der Waals surface area contributed by atoms with Crippen LogP contribution in [-0.2, 0) is 4.79 Å². The predicted molar refractivity (Wildman–Crippen MR) is 116 cm³/mol. The molecule has 29 heavy (non-hydrogen) atoms. The first-order valence-electron chi connectivity index (χ1n) is 9.64. The summed E-state index contributed by atoms with van der Waals surface area (Å²) in [6, 6.07) is 23.4. The maximum atomic E-state index is 12.5. The average Bonchev–Trinajstić information content (AvgIpc) is 3.16. The number of rotatable bonds is 5. The molecule has 1 aromatic heterocycles. The Balaban J connectivity index is 1.44. The fourth-order valence-corrected chi connectivity index (χ4v) is 3.18. The summed E-state index contributed by atoms with van der Waals surface area (Å²) in [5.74, 6) is 1.34. The van der Waals surface area contributed by atoms with Gasteiger partial charge in [-0.1, -0.05) is 30.3 Å². The second kappa shape index (κ2) is 7.84. The van der Waals surface area contributed by atoms with E-state index in [1.807, 2.05) is 86.6 Å². The van der Waals surface area contributed by atoms with Crippen LogP contribution in [-0.4, -0.2) is 12.0 Å². The Bertz CT molecular complexity index is 1130. The third-order valence-corrected chi connectivity index (χ3v) is 5.09. The first kappa shape index (κ1) is 18.8. The number of amides is 1. The van der Waals surface area contributed by atoms with Gasteiger partial charge in [-0.2, -0.15) is 0 Å². The van der Waals surface area contributed by atoms with Gasteiger partial charge < -0.3 is 14.5 Å². The molecule has 1 atom stereocenters. The van der Waals surface area contributed by atoms with Gasteiger partial charge in [-0.05, 0) is 74.4 Å². The topological polar surface area (TPSA) is 51.5 Å². The van der Waals surface area contributed by atoms with E-state index in [4.69, 9.17) is 9.15 Å². The number of para-hydroxylation sites is 1. The van der Waals surface area contributed by atoms with Crippen molar-refractivity contribution < 1.29 is 13.9 Å². The minimum atomic E-state index is -0.606. The number of ether oxygens (including phenoxy) is 1. The Kier molecular flexibility index (Phi) is 5.09. The van der Waals surface area contributed by atoms with E-state index >= 15 is 0 Å². The summed E-state index contributed by atoms with van der Waals surface area (Å²) in [5, 5.41) is 3.97. The van der Waals surface area contributed by atoms with Crippen LogP contribution in [0.15, 0.2) is 77.2 Å². The van der Waals surface area contributed by atoms with E-state index in [1.54, 1.807) is 6.92 Å². The lowest BCUT2D eigenvalue weighted by Crippen LogP contribution is -2.30. The molecule has 1 N–H and O–H groups in total. The number of nitrogens with one attached hydrogen (secondary N) is 1. The minimum Gasteiger partial charge on any atom is -0.481 e. The molecule has 0 saturated carbocycles. The molecule has 0 aliphatic carbocycles. The van der Waals surface area contributed by atoms with E-state index in [0.29, 0.717) is 5.69 Å². The molecular weight excluding hydrogens is 362 g/mol. The molecule has 0 unspecified atom stereocenters. The van der Waals surface area contributed by atoms with E-state index in [1.165, 1.54) is 0 Å². The van der Waals surface area contributed by atoms with Crippen molar-refractivity contribution in [3.63, 3.8) is 0 Å². The van der Waals surface area contributed by atoms with Crippen molar-refractivity contribution in [3.8, 4) is 17.1 Å². The highest BCUT2D eigenvalue weighted by Gasteiger charge is 2.16. The van der Waals surface area contributed by atoms with Crippen LogP contribution < -0.4 is 10.1 Å². The van der Waals surface area contributed by atoms with E-state index < -0.39 is 6.10 Å². The van der Waals surface area contributed by atoms with Crippen molar-refractivity contribution in [3.05, 3.63) is 83.9 Å². The zero-order chi connectivity index (χ0) is 20.4. The number of anilines is 1. The van der Waals surface area contributed by atoms with Crippen LogP contribution in [0.25, 0.3) is 22.3 Å². The van der Waals surface area contributed by atoms with Crippen LogP contribution in [0, 0.1) is 13.8 Å². The van der Waals surface area contributed by atoms with Crippen LogP contribution in [0.5, 0.6) is 5.75 Å². The summed E-state index contributed by atoms with van der Waals surface area (Å²) in [7, 11) is 0. The summed E-state index contributed by atoms with van der Waals surface area (Å²) >= 11 is 0. The summed E-state index contributed by atoms with van der Waals surface area (Å²) < 4.78 is 11.8. The van der Waals surface area contributed by atoms with Crippen LogP contribution >= 0.6 is 0 Å². The normalized spacial score (nSPS) is 12.0. The number of fused-ring (bicyclic) bond motifs is 1. The molecule has 4 heteroatoms. The summed E-state index contributed by atoms with van der Waals surface area (Å²) in [4.78, 5) is 12.5. The fourth-order valence-electron chi connectivity index (χ4n) is 3.18. The monoisotopic (exact) mass is 385 g/mol. The number of carbonyl (C=O) groups excluding carboxylic acids is 1. The summed E-state index contributed by atoms with van der Waals surface area (Å²) in [5.41, 5.74) is 4.71. The lowest BCUT2D eigenvalue weighted by atomic mass is 10.1. The van der Waals surface area contributed by atoms with E-state index in [-0.39, 0.29) is 5.91 Å². The van der Waals surface area contributed by atoms with Crippen molar-refractivity contribution in [1.29, 1.82) is 0 Å². The molecule has 3 aromatic carbocycles. The zero-order valence-electron chi connectivity index (χ0n) is 16.7. The highest BCUT2D eigenvalue weighted by Crippen LogP contribution is 2.28. The van der Waals surface area contributed by atoms with Crippen molar-refractivity contribution in [2.75, 3.05) is 5.32 Å². The maximum Gasteiger partial charge on any atom is 0.265 e. The second-order valence-corrected chi connectivity index (χ2v) is 7.17. The Labute approximate surface area is 170 Å². The molecule has 1 heterocycles. The molecule has 0 fully saturated rings. The van der Waals surface area contributed by atoms with Gasteiger partial charge in [0.2, 0.25) is 0 Å². The van der Waals surface area contributed by atoms with Gasteiger partial charge in [0.1, 0.15) is 17.1 Å². The molecule has 0 aliphatic rings. The number of carbonyl (C=O) groups is 1. The van der Waals surface area contributed by atoms with Crippen LogP contribution in [0.1, 0.15) is 18.1 Å². The molecule has 0 aliphatic heterocycles. The van der Waals surface area contributed by atoms with Gasteiger partial charge in [-0.25, -0.2) is 0 Å². The van der Waals surface area contributed by atoms with Gasteiger partial charge >= 0.3 is 0 Å². The quantitative estimate of drug-likeness (QED) is 0.450. The SMILES string of the molecule is Cc1cccc(O[C@@H](C)C(=O)Nc2ccc(-c3cc4ccccc4o3)cc2)c1C. The van der Waals surface area contributed by atoms with Gasteiger partial charge in [0.15, 0.2) is 6.10 Å². The van der Waals surface area contributed by atoms with Crippen molar-refractivity contribution in [2.24, 2.45) is 0 Å². The molecule has 0 spiro atoms. The Hall–Kier alpha value is -3.53. The van der Waals surface area contributed by atoms with Gasteiger partial charge in [0.25, 0.3) is 5.91 Å². The average molecular weight is 385 g/mol. The van der Waals surface area contributed by atoms with Crippen molar-refractivity contribution in [2.45, 2.75) is 26.9 Å². The van der Waals surface area contributed by atoms with Gasteiger partial charge in [0.05, 0.1) is 0 Å². The van der Waals surface area contributed by atoms with Gasteiger partial charge in [-0.15, -0.1) is 0 Å². The Morgan fingerprint density at radius 3 is 2.48 bits per heavy atom. The molecule has 0 saturated heterocycles. The number of furan rings is 1. The largest absolute Gasteiger partial charge is 0.481 e. The van der Waals surface area contributed by atoms with Crippen LogP contribution in [0.4, 0.5) is 5.69 Å². The maximum absolute atomic E-state index is 12.5. The number of aryl methyl sites for hydroxylation is 1. The second-order valence-electron chi connectivity index (χ2n) is 7.17. The number of hydrogen-bond donors (Lipinski definition) is 1. The zero-order valence-corrected chi connectivity index (χ0v) is 16.7. The van der Waals surface area contributed by atoms with E-state index in [0.717, 1.165) is 39.2 Å². The lowest BCUT2D eigenvalue weighted by molar-refractivity contribution is -0.122. The third-order valence-electron chi connectivity index (χ3n) is 5.09. The first-order chi connectivity index (χ1) is 14.0. The smallest absolute Gasteiger partial charge is 0.265 e. The standard InChI is InChI=1S/C25H23NO3/c1-16-7-6-10-22(17(16)2)28-18(3)25(27)26-21-13-11-19(12-14-21)24-15-20-8-4-5-9-23(20)29-24/h4-15,18H,1-3H3,(H,26,27)/t18-/m0/s1.